The van der Waals surface area contributed by atoms with E-state index in [0.717, 1.165) is 24.9 Å². The van der Waals surface area contributed by atoms with Crippen LogP contribution in [0.5, 0.6) is 0 Å². The van der Waals surface area contributed by atoms with Crippen LogP contribution in [0.15, 0.2) is 18.2 Å². The lowest BCUT2D eigenvalue weighted by molar-refractivity contribution is 0.0789. The standard InChI is InChI=1S/C16H23Cl2NO/c1-12(13-5-6-14(17)15(18)9-13)19-10-16(11-20)7-3-2-4-8-16/h5-6,9,12,19-20H,2-4,7-8,10-11H2,1H3. The molecule has 2 nitrogen and oxygen atoms in total. The molecule has 0 saturated heterocycles. The number of aliphatic hydroxyl groups excluding tert-OH is 1. The fourth-order valence-corrected chi connectivity index (χ4v) is 3.27. The fourth-order valence-electron chi connectivity index (χ4n) is 2.96. The van der Waals surface area contributed by atoms with Crippen LogP contribution in [-0.4, -0.2) is 18.3 Å². The molecule has 0 spiro atoms. The van der Waals surface area contributed by atoms with Crippen LogP contribution in [0.2, 0.25) is 10.0 Å². The molecule has 1 aliphatic carbocycles. The summed E-state index contributed by atoms with van der Waals surface area (Å²) in [4.78, 5) is 0. The first-order valence-electron chi connectivity index (χ1n) is 7.35. The van der Waals surface area contributed by atoms with E-state index in [2.05, 4.69) is 12.2 Å². The Labute approximate surface area is 131 Å². The molecule has 2 rings (SSSR count). The predicted octanol–water partition coefficient (Wildman–Crippen LogP) is 4.59. The van der Waals surface area contributed by atoms with Gasteiger partial charge >= 0.3 is 0 Å². The highest BCUT2D eigenvalue weighted by Crippen LogP contribution is 2.36. The van der Waals surface area contributed by atoms with E-state index in [4.69, 9.17) is 23.2 Å². The molecule has 20 heavy (non-hydrogen) atoms. The Morgan fingerprint density at radius 3 is 2.50 bits per heavy atom. The maximum atomic E-state index is 9.73. The zero-order chi connectivity index (χ0) is 14.6. The summed E-state index contributed by atoms with van der Waals surface area (Å²) < 4.78 is 0. The monoisotopic (exact) mass is 315 g/mol. The van der Waals surface area contributed by atoms with E-state index in [1.807, 2.05) is 18.2 Å². The highest BCUT2D eigenvalue weighted by molar-refractivity contribution is 6.42. The highest BCUT2D eigenvalue weighted by atomic mass is 35.5. The van der Waals surface area contributed by atoms with Crippen molar-refractivity contribution < 1.29 is 5.11 Å². The normalized spacial score (nSPS) is 19.8. The molecule has 112 valence electrons. The average molecular weight is 316 g/mol. The van der Waals surface area contributed by atoms with Gasteiger partial charge in [-0.25, -0.2) is 0 Å². The quantitative estimate of drug-likeness (QED) is 0.833. The van der Waals surface area contributed by atoms with Gasteiger partial charge in [-0.05, 0) is 37.5 Å². The molecule has 2 N–H and O–H groups in total. The lowest BCUT2D eigenvalue weighted by atomic mass is 9.74. The van der Waals surface area contributed by atoms with Gasteiger partial charge in [0, 0.05) is 24.6 Å². The highest BCUT2D eigenvalue weighted by Gasteiger charge is 2.31. The zero-order valence-corrected chi connectivity index (χ0v) is 13.5. The summed E-state index contributed by atoms with van der Waals surface area (Å²) in [5.74, 6) is 0. The number of nitrogens with one attached hydrogen (secondary N) is 1. The van der Waals surface area contributed by atoms with Crippen molar-refractivity contribution in [1.82, 2.24) is 5.32 Å². The third-order valence-corrected chi connectivity index (χ3v) is 5.22. The molecule has 0 radical (unpaired) electrons. The van der Waals surface area contributed by atoms with Crippen LogP contribution < -0.4 is 5.32 Å². The SMILES string of the molecule is CC(NCC1(CO)CCCCC1)c1ccc(Cl)c(Cl)c1. The smallest absolute Gasteiger partial charge is 0.0595 e. The largest absolute Gasteiger partial charge is 0.396 e. The number of hydrogen-bond acceptors (Lipinski definition) is 2. The number of halogens is 2. The molecule has 1 fully saturated rings. The average Bonchev–Trinajstić information content (AvgIpc) is 2.48. The van der Waals surface area contributed by atoms with Gasteiger partial charge in [-0.3, -0.25) is 0 Å². The van der Waals surface area contributed by atoms with Gasteiger partial charge in [0.15, 0.2) is 0 Å². The predicted molar refractivity (Wildman–Crippen MR) is 85.5 cm³/mol. The third kappa shape index (κ3) is 3.88. The van der Waals surface area contributed by atoms with Crippen LogP contribution in [0.25, 0.3) is 0 Å². The molecular formula is C16H23Cl2NO. The van der Waals surface area contributed by atoms with E-state index in [9.17, 15) is 5.11 Å². The Kier molecular flexibility index (Phi) is 5.74. The molecule has 0 aliphatic heterocycles. The second-order valence-electron chi connectivity index (χ2n) is 5.99. The number of aliphatic hydroxyl groups is 1. The first kappa shape index (κ1) is 16.1. The summed E-state index contributed by atoms with van der Waals surface area (Å²) in [6, 6.07) is 5.95. The van der Waals surface area contributed by atoms with Crippen molar-refractivity contribution in [3.05, 3.63) is 33.8 Å². The Bertz CT molecular complexity index is 444. The molecule has 1 atom stereocenters. The second kappa shape index (κ2) is 7.13. The first-order valence-corrected chi connectivity index (χ1v) is 8.11. The summed E-state index contributed by atoms with van der Waals surface area (Å²) >= 11 is 12.0. The van der Waals surface area contributed by atoms with E-state index >= 15 is 0 Å². The van der Waals surface area contributed by atoms with E-state index in [1.165, 1.54) is 19.3 Å². The molecule has 1 saturated carbocycles. The maximum absolute atomic E-state index is 9.73. The Morgan fingerprint density at radius 1 is 1.20 bits per heavy atom. The van der Waals surface area contributed by atoms with Crippen molar-refractivity contribution >= 4 is 23.2 Å². The topological polar surface area (TPSA) is 32.3 Å². The molecular weight excluding hydrogens is 293 g/mol. The Balaban J connectivity index is 1.96. The van der Waals surface area contributed by atoms with Crippen LogP contribution in [0.3, 0.4) is 0 Å². The number of benzene rings is 1. The molecule has 0 aromatic heterocycles. The Hall–Kier alpha value is -0.280. The van der Waals surface area contributed by atoms with Crippen molar-refractivity contribution in [3.8, 4) is 0 Å². The molecule has 1 unspecified atom stereocenters. The molecule has 1 aromatic rings. The van der Waals surface area contributed by atoms with Gasteiger partial charge in [0.1, 0.15) is 0 Å². The van der Waals surface area contributed by atoms with Crippen LogP contribution in [0.1, 0.15) is 50.6 Å². The van der Waals surface area contributed by atoms with Crippen molar-refractivity contribution in [3.63, 3.8) is 0 Å². The van der Waals surface area contributed by atoms with Gasteiger partial charge in [-0.2, -0.15) is 0 Å². The maximum Gasteiger partial charge on any atom is 0.0595 e. The van der Waals surface area contributed by atoms with Gasteiger partial charge in [-0.15, -0.1) is 0 Å². The van der Waals surface area contributed by atoms with Crippen LogP contribution in [-0.2, 0) is 0 Å². The number of rotatable bonds is 5. The molecule has 1 aromatic carbocycles. The van der Waals surface area contributed by atoms with Crippen molar-refractivity contribution in [2.24, 2.45) is 5.41 Å². The molecule has 4 heteroatoms. The minimum Gasteiger partial charge on any atom is -0.396 e. The molecule has 0 heterocycles. The third-order valence-electron chi connectivity index (χ3n) is 4.48. The van der Waals surface area contributed by atoms with Crippen molar-refractivity contribution in [1.29, 1.82) is 0 Å². The Morgan fingerprint density at radius 2 is 1.90 bits per heavy atom. The minimum atomic E-state index is 0.0583. The van der Waals surface area contributed by atoms with Gasteiger partial charge in [0.05, 0.1) is 10.0 Å². The molecule has 0 amide bonds. The summed E-state index contributed by atoms with van der Waals surface area (Å²) in [6.07, 6.45) is 5.98. The summed E-state index contributed by atoms with van der Waals surface area (Å²) in [7, 11) is 0. The van der Waals surface area contributed by atoms with Crippen LogP contribution in [0.4, 0.5) is 0 Å². The molecule has 1 aliphatic rings. The van der Waals surface area contributed by atoms with E-state index in [-0.39, 0.29) is 18.1 Å². The van der Waals surface area contributed by atoms with E-state index in [0.29, 0.717) is 10.0 Å². The number of hydrogen-bond donors (Lipinski definition) is 2. The van der Waals surface area contributed by atoms with Crippen molar-refractivity contribution in [2.75, 3.05) is 13.2 Å². The second-order valence-corrected chi connectivity index (χ2v) is 6.81. The van der Waals surface area contributed by atoms with E-state index in [1.54, 1.807) is 0 Å². The molecule has 0 bridgehead atoms. The van der Waals surface area contributed by atoms with E-state index < -0.39 is 0 Å². The van der Waals surface area contributed by atoms with Gasteiger partial charge in [0.2, 0.25) is 0 Å². The van der Waals surface area contributed by atoms with Gasteiger partial charge in [-0.1, -0.05) is 48.5 Å². The lowest BCUT2D eigenvalue weighted by Gasteiger charge is -2.36. The zero-order valence-electron chi connectivity index (χ0n) is 12.0. The fraction of sp³-hybridized carbons (Fsp3) is 0.625. The van der Waals surface area contributed by atoms with Crippen LogP contribution in [0, 0.1) is 5.41 Å². The lowest BCUT2D eigenvalue weighted by Crippen LogP contribution is -2.39. The minimum absolute atomic E-state index is 0.0583. The van der Waals surface area contributed by atoms with Crippen molar-refractivity contribution in [2.45, 2.75) is 45.1 Å². The van der Waals surface area contributed by atoms with Gasteiger partial charge < -0.3 is 10.4 Å². The van der Waals surface area contributed by atoms with Gasteiger partial charge in [0.25, 0.3) is 0 Å². The summed E-state index contributed by atoms with van der Waals surface area (Å²) in [5.41, 5.74) is 1.19. The first-order chi connectivity index (χ1) is 9.56. The van der Waals surface area contributed by atoms with Crippen LogP contribution >= 0.6 is 23.2 Å². The summed E-state index contributed by atoms with van der Waals surface area (Å²) in [6.45, 7) is 3.24. The summed E-state index contributed by atoms with van der Waals surface area (Å²) in [5, 5.41) is 14.4.